The van der Waals surface area contributed by atoms with E-state index in [0.717, 1.165) is 15.3 Å². The van der Waals surface area contributed by atoms with Gasteiger partial charge in [-0.1, -0.05) is 5.16 Å². The van der Waals surface area contributed by atoms with Crippen molar-refractivity contribution in [3.8, 4) is 11.5 Å². The van der Waals surface area contributed by atoms with E-state index in [0.29, 0.717) is 29.1 Å². The van der Waals surface area contributed by atoms with Gasteiger partial charge in [0.2, 0.25) is 5.76 Å². The van der Waals surface area contributed by atoms with Gasteiger partial charge in [-0.05, 0) is 31.5 Å². The van der Waals surface area contributed by atoms with Gasteiger partial charge in [0.1, 0.15) is 10.5 Å². The van der Waals surface area contributed by atoms with E-state index in [-0.39, 0.29) is 5.56 Å². The zero-order chi connectivity index (χ0) is 16.0. The van der Waals surface area contributed by atoms with Gasteiger partial charge in [-0.15, -0.1) is 11.3 Å². The van der Waals surface area contributed by atoms with Crippen LogP contribution in [0.25, 0.3) is 21.7 Å². The van der Waals surface area contributed by atoms with Crippen molar-refractivity contribution in [2.45, 2.75) is 20.4 Å². The lowest BCUT2D eigenvalue weighted by Crippen LogP contribution is -2.21. The van der Waals surface area contributed by atoms with Crippen LogP contribution in [0.5, 0.6) is 0 Å². The number of hydrogen-bond donors (Lipinski definition) is 0. The van der Waals surface area contributed by atoms with Crippen molar-refractivity contribution in [2.24, 2.45) is 0 Å². The number of aromatic nitrogens is 3. The van der Waals surface area contributed by atoms with Crippen molar-refractivity contribution in [3.05, 3.63) is 57.3 Å². The van der Waals surface area contributed by atoms with E-state index >= 15 is 0 Å². The summed E-state index contributed by atoms with van der Waals surface area (Å²) in [6.45, 7) is 4.26. The van der Waals surface area contributed by atoms with Gasteiger partial charge in [0.15, 0.2) is 5.76 Å². The molecule has 4 heterocycles. The molecule has 0 atom stereocenters. The van der Waals surface area contributed by atoms with Gasteiger partial charge >= 0.3 is 0 Å². The maximum absolute atomic E-state index is 12.7. The molecule has 0 amide bonds. The SMILES string of the molecule is Cc1sc2ncn(Cc3cc(-c4ccco4)on3)c(=O)c2c1C. The molecule has 4 rings (SSSR count). The number of nitrogens with zero attached hydrogens (tertiary/aromatic N) is 3. The number of thiophene rings is 1. The molecule has 116 valence electrons. The molecule has 4 aromatic heterocycles. The Morgan fingerprint density at radius 3 is 2.96 bits per heavy atom. The van der Waals surface area contributed by atoms with E-state index < -0.39 is 0 Å². The minimum absolute atomic E-state index is 0.0561. The number of furan rings is 1. The van der Waals surface area contributed by atoms with Crippen molar-refractivity contribution >= 4 is 21.6 Å². The molecule has 0 unspecified atom stereocenters. The molecule has 0 aliphatic heterocycles. The molecule has 0 aromatic carbocycles. The van der Waals surface area contributed by atoms with Crippen molar-refractivity contribution in [1.29, 1.82) is 0 Å². The van der Waals surface area contributed by atoms with E-state index in [2.05, 4.69) is 10.1 Å². The third-order valence-corrected chi connectivity index (χ3v) is 4.93. The molecule has 0 aliphatic carbocycles. The fraction of sp³-hybridized carbons (Fsp3) is 0.188. The Labute approximate surface area is 135 Å². The van der Waals surface area contributed by atoms with E-state index in [1.54, 1.807) is 35.4 Å². The van der Waals surface area contributed by atoms with Crippen LogP contribution < -0.4 is 5.56 Å². The fourth-order valence-corrected chi connectivity index (χ4v) is 3.47. The first-order valence-corrected chi connectivity index (χ1v) is 7.90. The lowest BCUT2D eigenvalue weighted by molar-refractivity contribution is 0.408. The second kappa shape index (κ2) is 5.20. The highest BCUT2D eigenvalue weighted by molar-refractivity contribution is 7.18. The van der Waals surface area contributed by atoms with Gasteiger partial charge in [0.05, 0.1) is 24.5 Å². The topological polar surface area (TPSA) is 74.1 Å². The first kappa shape index (κ1) is 14.0. The monoisotopic (exact) mass is 327 g/mol. The maximum Gasteiger partial charge on any atom is 0.262 e. The van der Waals surface area contributed by atoms with Gasteiger partial charge in [-0.3, -0.25) is 9.36 Å². The minimum Gasteiger partial charge on any atom is -0.461 e. The van der Waals surface area contributed by atoms with Crippen LogP contribution >= 0.6 is 11.3 Å². The summed E-state index contributed by atoms with van der Waals surface area (Å²) in [6, 6.07) is 5.34. The summed E-state index contributed by atoms with van der Waals surface area (Å²) < 4.78 is 12.1. The van der Waals surface area contributed by atoms with Crippen LogP contribution in [0, 0.1) is 13.8 Å². The quantitative estimate of drug-likeness (QED) is 0.577. The summed E-state index contributed by atoms with van der Waals surface area (Å²) in [5.74, 6) is 1.14. The number of rotatable bonds is 3. The number of fused-ring (bicyclic) bond motifs is 1. The second-order valence-electron chi connectivity index (χ2n) is 5.30. The summed E-state index contributed by atoms with van der Waals surface area (Å²) in [5, 5.41) is 4.68. The predicted octanol–water partition coefficient (Wildman–Crippen LogP) is 3.37. The van der Waals surface area contributed by atoms with Crippen molar-refractivity contribution in [3.63, 3.8) is 0 Å². The van der Waals surface area contributed by atoms with Crippen molar-refractivity contribution < 1.29 is 8.94 Å². The van der Waals surface area contributed by atoms with Crippen LogP contribution in [-0.4, -0.2) is 14.7 Å². The van der Waals surface area contributed by atoms with Gasteiger partial charge in [-0.25, -0.2) is 4.98 Å². The largest absolute Gasteiger partial charge is 0.461 e. The molecule has 0 N–H and O–H groups in total. The van der Waals surface area contributed by atoms with Gasteiger partial charge in [-0.2, -0.15) is 0 Å². The third-order valence-electron chi connectivity index (χ3n) is 3.81. The lowest BCUT2D eigenvalue weighted by atomic mass is 10.2. The van der Waals surface area contributed by atoms with Crippen LogP contribution in [0.1, 0.15) is 16.1 Å². The minimum atomic E-state index is -0.0561. The van der Waals surface area contributed by atoms with E-state index in [1.807, 2.05) is 13.8 Å². The zero-order valence-corrected chi connectivity index (χ0v) is 13.4. The predicted molar refractivity (Wildman–Crippen MR) is 86.7 cm³/mol. The summed E-state index contributed by atoms with van der Waals surface area (Å²) in [7, 11) is 0. The second-order valence-corrected chi connectivity index (χ2v) is 6.50. The third kappa shape index (κ3) is 2.29. The molecule has 6 nitrogen and oxygen atoms in total. The Morgan fingerprint density at radius 2 is 2.17 bits per heavy atom. The fourth-order valence-electron chi connectivity index (χ4n) is 2.48. The van der Waals surface area contributed by atoms with Gasteiger partial charge < -0.3 is 8.94 Å². The summed E-state index contributed by atoms with van der Waals surface area (Å²) in [6.07, 6.45) is 3.13. The molecular weight excluding hydrogens is 314 g/mol. The molecule has 4 aromatic rings. The highest BCUT2D eigenvalue weighted by Crippen LogP contribution is 2.25. The Morgan fingerprint density at radius 1 is 1.30 bits per heavy atom. The Balaban J connectivity index is 1.72. The van der Waals surface area contributed by atoms with Crippen LogP contribution in [0.4, 0.5) is 0 Å². The molecule has 23 heavy (non-hydrogen) atoms. The molecule has 0 saturated carbocycles. The highest BCUT2D eigenvalue weighted by atomic mass is 32.1. The molecular formula is C16H13N3O3S. The van der Waals surface area contributed by atoms with Gasteiger partial charge in [0, 0.05) is 10.9 Å². The van der Waals surface area contributed by atoms with Crippen LogP contribution in [0.15, 0.2) is 44.5 Å². The van der Waals surface area contributed by atoms with Crippen LogP contribution in [0.2, 0.25) is 0 Å². The Bertz CT molecular complexity index is 1040. The molecule has 0 aliphatic rings. The average molecular weight is 327 g/mol. The van der Waals surface area contributed by atoms with Gasteiger partial charge in [0.25, 0.3) is 5.56 Å². The normalized spacial score (nSPS) is 11.4. The summed E-state index contributed by atoms with van der Waals surface area (Å²) in [4.78, 5) is 18.9. The van der Waals surface area contributed by atoms with E-state index in [1.165, 1.54) is 11.3 Å². The van der Waals surface area contributed by atoms with Crippen LogP contribution in [-0.2, 0) is 6.54 Å². The Kier molecular flexibility index (Phi) is 3.16. The van der Waals surface area contributed by atoms with E-state index in [4.69, 9.17) is 8.94 Å². The highest BCUT2D eigenvalue weighted by Gasteiger charge is 2.14. The first-order chi connectivity index (χ1) is 11.1. The van der Waals surface area contributed by atoms with Crippen molar-refractivity contribution in [2.75, 3.05) is 0 Å². The maximum atomic E-state index is 12.7. The van der Waals surface area contributed by atoms with E-state index in [9.17, 15) is 4.79 Å². The molecule has 7 heteroatoms. The number of aryl methyl sites for hydroxylation is 2. The molecule has 0 spiro atoms. The first-order valence-electron chi connectivity index (χ1n) is 7.08. The van der Waals surface area contributed by atoms with Crippen LogP contribution in [0.3, 0.4) is 0 Å². The average Bonchev–Trinajstić information content (AvgIpc) is 3.24. The standard InChI is InChI=1S/C16H13N3O3S/c1-9-10(2)23-15-14(9)16(20)19(8-17-15)7-11-6-13(22-18-11)12-4-3-5-21-12/h3-6,8H,7H2,1-2H3. The summed E-state index contributed by atoms with van der Waals surface area (Å²) >= 11 is 1.54. The Hall–Kier alpha value is -2.67. The smallest absolute Gasteiger partial charge is 0.262 e. The molecule has 0 fully saturated rings. The molecule has 0 saturated heterocycles. The molecule has 0 radical (unpaired) electrons. The van der Waals surface area contributed by atoms with Crippen molar-refractivity contribution in [1.82, 2.24) is 14.7 Å². The lowest BCUT2D eigenvalue weighted by Gasteiger charge is -2.02. The number of hydrogen-bond acceptors (Lipinski definition) is 6. The zero-order valence-electron chi connectivity index (χ0n) is 12.6. The molecule has 0 bridgehead atoms. The summed E-state index contributed by atoms with van der Waals surface area (Å²) in [5.41, 5.74) is 1.58.